The summed E-state index contributed by atoms with van der Waals surface area (Å²) in [7, 11) is 0. The molecule has 1 saturated heterocycles. The highest BCUT2D eigenvalue weighted by molar-refractivity contribution is 5.96. The second-order valence-electron chi connectivity index (χ2n) is 7.95. The number of anilines is 1. The summed E-state index contributed by atoms with van der Waals surface area (Å²) in [6, 6.07) is 12.6. The van der Waals surface area contributed by atoms with Gasteiger partial charge in [-0.25, -0.2) is 0 Å². The van der Waals surface area contributed by atoms with E-state index in [2.05, 4.69) is 5.32 Å². The lowest BCUT2D eigenvalue weighted by atomic mass is 10.1. The van der Waals surface area contributed by atoms with Gasteiger partial charge in [0.2, 0.25) is 5.91 Å². The number of rotatable bonds is 5. The van der Waals surface area contributed by atoms with Crippen LogP contribution in [0.25, 0.3) is 0 Å². The molecule has 3 aromatic rings. The third-order valence-electron chi connectivity index (χ3n) is 5.60. The van der Waals surface area contributed by atoms with Crippen molar-refractivity contribution in [2.75, 3.05) is 31.5 Å². The van der Waals surface area contributed by atoms with E-state index in [9.17, 15) is 14.4 Å². The average molecular weight is 434 g/mol. The quantitative estimate of drug-likeness (QED) is 0.669. The molecule has 0 unspecified atom stereocenters. The van der Waals surface area contributed by atoms with Crippen molar-refractivity contribution in [3.63, 3.8) is 0 Å². The molecule has 1 aliphatic rings. The zero-order valence-electron chi connectivity index (χ0n) is 18.2. The van der Waals surface area contributed by atoms with E-state index >= 15 is 0 Å². The molecular formula is C24H26N4O4. The van der Waals surface area contributed by atoms with Gasteiger partial charge < -0.3 is 24.1 Å². The highest BCUT2D eigenvalue weighted by atomic mass is 16.3. The Morgan fingerprint density at radius 3 is 2.31 bits per heavy atom. The SMILES string of the molecule is Cc1ccc(NC(=O)Cn2cccc2C(=O)N2CCN(C(=O)c3ccco3)CC2)c(C)c1. The number of furan rings is 1. The number of aromatic nitrogens is 1. The predicted molar refractivity (Wildman–Crippen MR) is 119 cm³/mol. The van der Waals surface area contributed by atoms with Gasteiger partial charge in [-0.1, -0.05) is 17.7 Å². The summed E-state index contributed by atoms with van der Waals surface area (Å²) in [5.74, 6) is -0.225. The number of piperazine rings is 1. The Kier molecular flexibility index (Phi) is 6.11. The lowest BCUT2D eigenvalue weighted by molar-refractivity contribution is -0.116. The molecule has 3 heterocycles. The number of benzene rings is 1. The van der Waals surface area contributed by atoms with Crippen LogP contribution in [0.3, 0.4) is 0 Å². The monoisotopic (exact) mass is 434 g/mol. The first kappa shape index (κ1) is 21.4. The number of nitrogens with one attached hydrogen (secondary N) is 1. The Balaban J connectivity index is 1.36. The second kappa shape index (κ2) is 9.13. The van der Waals surface area contributed by atoms with E-state index in [1.165, 1.54) is 6.26 Å². The smallest absolute Gasteiger partial charge is 0.289 e. The Morgan fingerprint density at radius 2 is 1.66 bits per heavy atom. The summed E-state index contributed by atoms with van der Waals surface area (Å²) < 4.78 is 6.83. The fraction of sp³-hybridized carbons (Fsp3) is 0.292. The van der Waals surface area contributed by atoms with Crippen LogP contribution in [0.4, 0.5) is 5.69 Å². The summed E-state index contributed by atoms with van der Waals surface area (Å²) in [6.07, 6.45) is 3.20. The molecule has 32 heavy (non-hydrogen) atoms. The van der Waals surface area contributed by atoms with Gasteiger partial charge in [0.05, 0.1) is 6.26 Å². The van der Waals surface area contributed by atoms with Crippen molar-refractivity contribution in [3.05, 3.63) is 77.5 Å². The maximum Gasteiger partial charge on any atom is 0.289 e. The molecule has 0 saturated carbocycles. The van der Waals surface area contributed by atoms with Crippen molar-refractivity contribution in [2.45, 2.75) is 20.4 Å². The van der Waals surface area contributed by atoms with E-state index in [1.54, 1.807) is 44.8 Å². The van der Waals surface area contributed by atoms with Crippen molar-refractivity contribution in [3.8, 4) is 0 Å². The lowest BCUT2D eigenvalue weighted by Gasteiger charge is -2.34. The van der Waals surface area contributed by atoms with Crippen LogP contribution in [-0.4, -0.2) is 58.3 Å². The van der Waals surface area contributed by atoms with Gasteiger partial charge in [-0.2, -0.15) is 0 Å². The van der Waals surface area contributed by atoms with Gasteiger partial charge in [-0.05, 0) is 49.7 Å². The Bertz CT molecular complexity index is 1120. The van der Waals surface area contributed by atoms with E-state index in [-0.39, 0.29) is 24.3 Å². The van der Waals surface area contributed by atoms with Crippen LogP contribution >= 0.6 is 0 Å². The number of hydrogen-bond acceptors (Lipinski definition) is 4. The fourth-order valence-electron chi connectivity index (χ4n) is 3.88. The molecule has 3 amide bonds. The van der Waals surface area contributed by atoms with Gasteiger partial charge >= 0.3 is 0 Å². The van der Waals surface area contributed by atoms with Gasteiger partial charge in [0.15, 0.2) is 5.76 Å². The number of carbonyl (C=O) groups is 3. The summed E-state index contributed by atoms with van der Waals surface area (Å²) in [6.45, 7) is 5.69. The molecule has 1 aliphatic heterocycles. The average Bonchev–Trinajstić information content (AvgIpc) is 3.47. The normalized spacial score (nSPS) is 13.8. The maximum atomic E-state index is 13.1. The molecule has 0 radical (unpaired) electrons. The number of amides is 3. The highest BCUT2D eigenvalue weighted by Crippen LogP contribution is 2.17. The molecule has 8 heteroatoms. The minimum atomic E-state index is -0.198. The summed E-state index contributed by atoms with van der Waals surface area (Å²) in [5, 5.41) is 2.92. The topological polar surface area (TPSA) is 87.8 Å². The van der Waals surface area contributed by atoms with Crippen LogP contribution in [0.5, 0.6) is 0 Å². The summed E-state index contributed by atoms with van der Waals surface area (Å²) in [5.41, 5.74) is 3.33. The van der Waals surface area contributed by atoms with Gasteiger partial charge in [0.25, 0.3) is 11.8 Å². The number of carbonyl (C=O) groups excluding carboxylic acids is 3. The largest absolute Gasteiger partial charge is 0.459 e. The first-order chi connectivity index (χ1) is 15.4. The van der Waals surface area contributed by atoms with Gasteiger partial charge in [0, 0.05) is 38.1 Å². The van der Waals surface area contributed by atoms with Crippen molar-refractivity contribution in [1.82, 2.24) is 14.4 Å². The van der Waals surface area contributed by atoms with Crippen LogP contribution < -0.4 is 5.32 Å². The van der Waals surface area contributed by atoms with Crippen molar-refractivity contribution < 1.29 is 18.8 Å². The van der Waals surface area contributed by atoms with Crippen LogP contribution in [0.15, 0.2) is 59.3 Å². The molecule has 0 aliphatic carbocycles. The Labute approximate surface area is 186 Å². The summed E-state index contributed by atoms with van der Waals surface area (Å²) >= 11 is 0. The van der Waals surface area contributed by atoms with E-state index in [0.29, 0.717) is 37.6 Å². The molecule has 1 N–H and O–H groups in total. The van der Waals surface area contributed by atoms with Crippen LogP contribution in [0.2, 0.25) is 0 Å². The summed E-state index contributed by atoms with van der Waals surface area (Å²) in [4.78, 5) is 41.5. The van der Waals surface area contributed by atoms with Crippen molar-refractivity contribution in [2.24, 2.45) is 0 Å². The van der Waals surface area contributed by atoms with Gasteiger partial charge in [0.1, 0.15) is 12.2 Å². The zero-order chi connectivity index (χ0) is 22.7. The van der Waals surface area contributed by atoms with Crippen LogP contribution in [-0.2, 0) is 11.3 Å². The highest BCUT2D eigenvalue weighted by Gasteiger charge is 2.27. The number of aryl methyl sites for hydroxylation is 2. The van der Waals surface area contributed by atoms with Crippen LogP contribution in [0.1, 0.15) is 32.2 Å². The fourth-order valence-corrected chi connectivity index (χ4v) is 3.88. The van der Waals surface area contributed by atoms with Gasteiger partial charge in [-0.3, -0.25) is 14.4 Å². The zero-order valence-corrected chi connectivity index (χ0v) is 18.2. The molecule has 2 aromatic heterocycles. The third-order valence-corrected chi connectivity index (χ3v) is 5.60. The second-order valence-corrected chi connectivity index (χ2v) is 7.95. The van der Waals surface area contributed by atoms with Crippen molar-refractivity contribution in [1.29, 1.82) is 0 Å². The first-order valence-corrected chi connectivity index (χ1v) is 10.6. The molecule has 8 nitrogen and oxygen atoms in total. The Morgan fingerprint density at radius 1 is 0.938 bits per heavy atom. The molecule has 0 bridgehead atoms. The van der Waals surface area contributed by atoms with E-state index in [1.807, 2.05) is 32.0 Å². The molecule has 4 rings (SSSR count). The van der Waals surface area contributed by atoms with E-state index in [0.717, 1.165) is 16.8 Å². The molecular weight excluding hydrogens is 408 g/mol. The lowest BCUT2D eigenvalue weighted by Crippen LogP contribution is -2.50. The third kappa shape index (κ3) is 4.59. The number of nitrogens with zero attached hydrogens (tertiary/aromatic N) is 3. The van der Waals surface area contributed by atoms with E-state index < -0.39 is 0 Å². The predicted octanol–water partition coefficient (Wildman–Crippen LogP) is 2.93. The van der Waals surface area contributed by atoms with Crippen LogP contribution in [0, 0.1) is 13.8 Å². The Hall–Kier alpha value is -3.81. The minimum absolute atomic E-state index is 0.0400. The van der Waals surface area contributed by atoms with E-state index in [4.69, 9.17) is 4.42 Å². The standard InChI is InChI=1S/C24H26N4O4/c1-17-7-8-19(18(2)15-17)25-22(29)16-28-9-3-5-20(28)23(30)26-10-12-27(13-11-26)24(31)21-6-4-14-32-21/h3-9,14-15H,10-13,16H2,1-2H3,(H,25,29). The molecule has 1 aromatic carbocycles. The molecule has 1 fully saturated rings. The van der Waals surface area contributed by atoms with Gasteiger partial charge in [-0.15, -0.1) is 0 Å². The van der Waals surface area contributed by atoms with Crippen molar-refractivity contribution >= 4 is 23.4 Å². The minimum Gasteiger partial charge on any atom is -0.459 e. The molecule has 0 spiro atoms. The maximum absolute atomic E-state index is 13.1. The number of hydrogen-bond donors (Lipinski definition) is 1. The first-order valence-electron chi connectivity index (χ1n) is 10.6. The molecule has 0 atom stereocenters. The molecule has 166 valence electrons.